The Balaban J connectivity index is 1.22. The van der Waals surface area contributed by atoms with E-state index in [0.29, 0.717) is 30.2 Å². The van der Waals surface area contributed by atoms with Gasteiger partial charge in [0.25, 0.3) is 5.91 Å². The Bertz CT molecular complexity index is 1400. The van der Waals surface area contributed by atoms with Crippen molar-refractivity contribution in [2.75, 3.05) is 72.0 Å². The maximum atomic E-state index is 13.8. The highest BCUT2D eigenvalue weighted by atomic mass is 32.2. The SMILES string of the molecule is COc1ccc(OCC(O)CN2CCN(CC(=O)c3ccccc3)CC2)c(C2(OC)Sc3ccccc3N(C)C2=O)c1. The van der Waals surface area contributed by atoms with Gasteiger partial charge in [0.1, 0.15) is 24.2 Å². The van der Waals surface area contributed by atoms with E-state index in [0.717, 1.165) is 42.3 Å². The van der Waals surface area contributed by atoms with Gasteiger partial charge in [0.15, 0.2) is 5.78 Å². The summed E-state index contributed by atoms with van der Waals surface area (Å²) in [5.74, 6) is 0.879. The Kier molecular flexibility index (Phi) is 9.50. The molecule has 2 heterocycles. The number of carbonyl (C=O) groups is 2. The Hall–Kier alpha value is -3.41. The molecule has 2 aliphatic heterocycles. The van der Waals surface area contributed by atoms with Crippen molar-refractivity contribution in [1.29, 1.82) is 0 Å². The van der Waals surface area contributed by atoms with Crippen molar-refractivity contribution in [2.45, 2.75) is 15.9 Å². The lowest BCUT2D eigenvalue weighted by Gasteiger charge is -2.40. The third-order valence-electron chi connectivity index (χ3n) is 7.72. The third kappa shape index (κ3) is 6.33. The van der Waals surface area contributed by atoms with E-state index < -0.39 is 11.0 Å². The fourth-order valence-electron chi connectivity index (χ4n) is 5.36. The van der Waals surface area contributed by atoms with Crippen LogP contribution in [0.2, 0.25) is 0 Å². The van der Waals surface area contributed by atoms with E-state index in [1.807, 2.05) is 54.6 Å². The summed E-state index contributed by atoms with van der Waals surface area (Å²) in [4.78, 5) is 31.8. The molecule has 222 valence electrons. The summed E-state index contributed by atoms with van der Waals surface area (Å²) < 4.78 is 17.6. The van der Waals surface area contributed by atoms with E-state index in [4.69, 9.17) is 14.2 Å². The zero-order valence-corrected chi connectivity index (χ0v) is 25.0. The zero-order chi connectivity index (χ0) is 29.7. The van der Waals surface area contributed by atoms with Crippen molar-refractivity contribution in [2.24, 2.45) is 0 Å². The van der Waals surface area contributed by atoms with Crippen LogP contribution in [0.4, 0.5) is 5.69 Å². The largest absolute Gasteiger partial charge is 0.497 e. The van der Waals surface area contributed by atoms with Crippen molar-refractivity contribution < 1.29 is 28.9 Å². The number of thioether (sulfide) groups is 1. The number of aliphatic hydroxyl groups excluding tert-OH is 1. The second-order valence-corrected chi connectivity index (χ2v) is 11.7. The molecular formula is C32H37N3O6S. The average Bonchev–Trinajstić information content (AvgIpc) is 3.03. The van der Waals surface area contributed by atoms with Crippen LogP contribution in [-0.4, -0.2) is 99.8 Å². The number of nitrogens with zero attached hydrogens (tertiary/aromatic N) is 3. The fourth-order valence-corrected chi connectivity index (χ4v) is 6.71. The second kappa shape index (κ2) is 13.3. The number of aliphatic hydroxyl groups is 1. The van der Waals surface area contributed by atoms with Gasteiger partial charge in [-0.3, -0.25) is 19.4 Å². The molecular weight excluding hydrogens is 554 g/mol. The monoisotopic (exact) mass is 591 g/mol. The van der Waals surface area contributed by atoms with E-state index in [9.17, 15) is 14.7 Å². The smallest absolute Gasteiger partial charge is 0.274 e. The number of para-hydroxylation sites is 1. The normalized spacial score (nSPS) is 20.2. The number of Topliss-reactive ketones (excluding diaryl/α,β-unsaturated/α-hetero) is 1. The van der Waals surface area contributed by atoms with Gasteiger partial charge in [0.05, 0.1) is 19.3 Å². The van der Waals surface area contributed by atoms with E-state index in [1.54, 1.807) is 37.3 Å². The number of anilines is 1. The molecule has 0 aliphatic carbocycles. The van der Waals surface area contributed by atoms with Crippen LogP contribution in [0.25, 0.3) is 0 Å². The average molecular weight is 592 g/mol. The minimum atomic E-state index is -1.40. The Labute approximate surface area is 251 Å². The molecule has 1 saturated heterocycles. The van der Waals surface area contributed by atoms with E-state index in [2.05, 4.69) is 9.80 Å². The van der Waals surface area contributed by atoms with Crippen molar-refractivity contribution >= 4 is 29.1 Å². The highest BCUT2D eigenvalue weighted by molar-refractivity contribution is 8.01. The van der Waals surface area contributed by atoms with Crippen LogP contribution in [0, 0.1) is 0 Å². The first kappa shape index (κ1) is 30.1. The first-order valence-corrected chi connectivity index (χ1v) is 14.8. The number of methoxy groups -OCH3 is 2. The maximum Gasteiger partial charge on any atom is 0.274 e. The van der Waals surface area contributed by atoms with Gasteiger partial charge in [-0.1, -0.05) is 54.2 Å². The van der Waals surface area contributed by atoms with Crippen LogP contribution in [-0.2, 0) is 14.5 Å². The molecule has 1 N–H and O–H groups in total. The summed E-state index contributed by atoms with van der Waals surface area (Å²) in [6, 6.07) is 22.3. The zero-order valence-electron chi connectivity index (χ0n) is 24.2. The van der Waals surface area contributed by atoms with Gasteiger partial charge >= 0.3 is 0 Å². The van der Waals surface area contributed by atoms with Gasteiger partial charge in [-0.15, -0.1) is 0 Å². The molecule has 0 bridgehead atoms. The fraction of sp³-hybridized carbons (Fsp3) is 0.375. The molecule has 2 aliphatic rings. The molecule has 0 spiro atoms. The Morgan fingerprint density at radius 2 is 1.67 bits per heavy atom. The number of amides is 1. The van der Waals surface area contributed by atoms with Gasteiger partial charge in [-0.05, 0) is 30.3 Å². The number of carbonyl (C=O) groups excluding carboxylic acids is 2. The molecule has 1 fully saturated rings. The number of likely N-dealkylation sites (N-methyl/N-ethyl adjacent to an activating group) is 1. The summed E-state index contributed by atoms with van der Waals surface area (Å²) in [6.45, 7) is 3.86. The third-order valence-corrected chi connectivity index (χ3v) is 9.14. The lowest BCUT2D eigenvalue weighted by atomic mass is 10.0. The van der Waals surface area contributed by atoms with Crippen LogP contribution in [0.15, 0.2) is 77.7 Å². The minimum Gasteiger partial charge on any atom is -0.497 e. The van der Waals surface area contributed by atoms with Crippen LogP contribution in [0.5, 0.6) is 11.5 Å². The number of β-amino-alcohol motifs (C(OH)–C–C–N with tert-alkyl or cyclic N) is 1. The number of ketones is 1. The van der Waals surface area contributed by atoms with Gasteiger partial charge in [-0.2, -0.15) is 0 Å². The van der Waals surface area contributed by atoms with Gasteiger partial charge in [-0.25, -0.2) is 0 Å². The minimum absolute atomic E-state index is 0.0388. The molecule has 5 rings (SSSR count). The molecule has 3 aromatic rings. The predicted molar refractivity (Wildman–Crippen MR) is 163 cm³/mol. The number of hydrogen-bond donors (Lipinski definition) is 1. The quantitative estimate of drug-likeness (QED) is 0.337. The number of hydrogen-bond acceptors (Lipinski definition) is 9. The highest BCUT2D eigenvalue weighted by Crippen LogP contribution is 2.53. The van der Waals surface area contributed by atoms with Gasteiger partial charge in [0, 0.05) is 62.9 Å². The van der Waals surface area contributed by atoms with E-state index in [-0.39, 0.29) is 18.3 Å². The van der Waals surface area contributed by atoms with Gasteiger partial charge < -0.3 is 24.2 Å². The lowest BCUT2D eigenvalue weighted by Crippen LogP contribution is -2.50. The highest BCUT2D eigenvalue weighted by Gasteiger charge is 2.50. The summed E-state index contributed by atoms with van der Waals surface area (Å²) in [6.07, 6.45) is -0.756. The molecule has 42 heavy (non-hydrogen) atoms. The van der Waals surface area contributed by atoms with E-state index in [1.165, 1.54) is 18.9 Å². The Morgan fingerprint density at radius 3 is 2.38 bits per heavy atom. The first-order chi connectivity index (χ1) is 20.3. The lowest BCUT2D eigenvalue weighted by molar-refractivity contribution is -0.131. The molecule has 1 amide bonds. The first-order valence-electron chi connectivity index (χ1n) is 14.0. The molecule has 2 atom stereocenters. The van der Waals surface area contributed by atoms with Crippen LogP contribution >= 0.6 is 11.8 Å². The molecule has 2 unspecified atom stereocenters. The standard InChI is InChI=1S/C32H37N3O6S/c1-33-27-11-7-8-12-30(27)42-32(40-3,31(33)38)26-19-25(39-2)13-14-29(26)41-22-24(36)20-34-15-17-35(18-16-34)21-28(37)23-9-5-4-6-10-23/h4-14,19,24,36H,15-18,20-22H2,1-3H3. The molecule has 10 heteroatoms. The summed E-state index contributed by atoms with van der Waals surface area (Å²) in [5.41, 5.74) is 2.06. The van der Waals surface area contributed by atoms with Crippen molar-refractivity contribution in [3.63, 3.8) is 0 Å². The second-order valence-electron chi connectivity index (χ2n) is 10.4. The summed E-state index contributed by atoms with van der Waals surface area (Å²) >= 11 is 1.32. The van der Waals surface area contributed by atoms with Crippen molar-refractivity contribution in [3.05, 3.63) is 83.9 Å². The van der Waals surface area contributed by atoms with Crippen LogP contribution < -0.4 is 14.4 Å². The topological polar surface area (TPSA) is 91.8 Å². The number of ether oxygens (including phenoxy) is 3. The van der Waals surface area contributed by atoms with Crippen LogP contribution in [0.1, 0.15) is 15.9 Å². The molecule has 9 nitrogen and oxygen atoms in total. The summed E-state index contributed by atoms with van der Waals surface area (Å²) in [5, 5.41) is 10.9. The summed E-state index contributed by atoms with van der Waals surface area (Å²) in [7, 11) is 4.81. The van der Waals surface area contributed by atoms with Crippen molar-refractivity contribution in [1.82, 2.24) is 9.80 Å². The van der Waals surface area contributed by atoms with Crippen molar-refractivity contribution in [3.8, 4) is 11.5 Å². The van der Waals surface area contributed by atoms with E-state index >= 15 is 0 Å². The Morgan fingerprint density at radius 1 is 0.976 bits per heavy atom. The molecule has 3 aromatic carbocycles. The molecule has 0 radical (unpaired) electrons. The molecule has 0 aromatic heterocycles. The number of rotatable bonds is 11. The number of piperazine rings is 1. The van der Waals surface area contributed by atoms with Crippen LogP contribution in [0.3, 0.4) is 0 Å². The number of fused-ring (bicyclic) bond motifs is 1. The molecule has 0 saturated carbocycles. The maximum absolute atomic E-state index is 13.8. The van der Waals surface area contributed by atoms with Gasteiger partial charge in [0.2, 0.25) is 4.93 Å². The number of benzene rings is 3. The predicted octanol–water partition coefficient (Wildman–Crippen LogP) is 3.50.